The van der Waals surface area contributed by atoms with E-state index in [0.717, 1.165) is 36.4 Å². The van der Waals surface area contributed by atoms with Crippen LogP contribution in [-0.2, 0) is 11.2 Å². The molecule has 0 aromatic carbocycles. The predicted octanol–water partition coefficient (Wildman–Crippen LogP) is 3.68. The van der Waals surface area contributed by atoms with Crippen LogP contribution in [-0.4, -0.2) is 35.6 Å². The van der Waals surface area contributed by atoms with Gasteiger partial charge in [-0.05, 0) is 51.2 Å². The quantitative estimate of drug-likeness (QED) is 0.765. The predicted molar refractivity (Wildman–Crippen MR) is 108 cm³/mol. The first kappa shape index (κ1) is 20.1. The number of hydrogen-bond donors (Lipinski definition) is 2. The zero-order valence-electron chi connectivity index (χ0n) is 16.9. The van der Waals surface area contributed by atoms with Gasteiger partial charge in [0.25, 0.3) is 5.91 Å². The maximum absolute atomic E-state index is 12.3. The lowest BCUT2D eigenvalue weighted by Gasteiger charge is -2.40. The summed E-state index contributed by atoms with van der Waals surface area (Å²) in [6.45, 7) is 4.08. The molecule has 5 heteroatoms. The minimum Gasteiger partial charge on any atom is -0.482 e. The second kappa shape index (κ2) is 10.1. The average Bonchev–Trinajstić information content (AvgIpc) is 2.63. The number of ether oxygens (including phenoxy) is 1. The molecule has 0 bridgehead atoms. The molecule has 2 atom stereocenters. The Kier molecular flexibility index (Phi) is 7.50. The summed E-state index contributed by atoms with van der Waals surface area (Å²) in [6.07, 6.45) is 12.4. The fourth-order valence-electron chi connectivity index (χ4n) is 4.17. The molecular weight excluding hydrogens is 338 g/mol. The van der Waals surface area contributed by atoms with Crippen molar-refractivity contribution in [2.45, 2.75) is 96.2 Å². The van der Waals surface area contributed by atoms with Gasteiger partial charge in [-0.2, -0.15) is 0 Å². The molecule has 1 heterocycles. The second-order valence-electron chi connectivity index (χ2n) is 8.11. The van der Waals surface area contributed by atoms with E-state index in [9.17, 15) is 4.79 Å². The van der Waals surface area contributed by atoms with Crippen LogP contribution in [0.5, 0.6) is 5.75 Å². The van der Waals surface area contributed by atoms with Crippen molar-refractivity contribution in [2.75, 3.05) is 6.61 Å². The molecule has 27 heavy (non-hydrogen) atoms. The lowest BCUT2D eigenvalue weighted by molar-refractivity contribution is -0.124. The van der Waals surface area contributed by atoms with Crippen molar-refractivity contribution < 1.29 is 9.53 Å². The number of pyridine rings is 1. The Morgan fingerprint density at radius 3 is 2.44 bits per heavy atom. The minimum absolute atomic E-state index is 0.0354. The molecule has 5 nitrogen and oxygen atoms in total. The molecule has 2 unspecified atom stereocenters. The SMILES string of the molecule is CCc1nc(C)ccc1OCC(=O)NC1CCC1NC1CCCCCCC1. The van der Waals surface area contributed by atoms with Gasteiger partial charge < -0.3 is 15.4 Å². The summed E-state index contributed by atoms with van der Waals surface area (Å²) < 4.78 is 5.73. The highest BCUT2D eigenvalue weighted by Gasteiger charge is 2.33. The van der Waals surface area contributed by atoms with Crippen LogP contribution >= 0.6 is 0 Å². The third kappa shape index (κ3) is 5.93. The first-order chi connectivity index (χ1) is 13.2. The molecule has 1 aromatic heterocycles. The van der Waals surface area contributed by atoms with Crippen molar-refractivity contribution in [3.63, 3.8) is 0 Å². The van der Waals surface area contributed by atoms with Crippen LogP contribution in [0.1, 0.15) is 76.1 Å². The Morgan fingerprint density at radius 1 is 1.07 bits per heavy atom. The number of carbonyl (C=O) groups is 1. The summed E-state index contributed by atoms with van der Waals surface area (Å²) >= 11 is 0. The van der Waals surface area contributed by atoms with Crippen LogP contribution in [0.25, 0.3) is 0 Å². The number of amides is 1. The maximum atomic E-state index is 12.3. The molecule has 1 aromatic rings. The fraction of sp³-hybridized carbons (Fsp3) is 0.727. The number of rotatable bonds is 7. The number of aryl methyl sites for hydroxylation is 2. The van der Waals surface area contributed by atoms with Crippen molar-refractivity contribution in [1.82, 2.24) is 15.6 Å². The Labute approximate surface area is 163 Å². The van der Waals surface area contributed by atoms with Crippen molar-refractivity contribution >= 4 is 5.91 Å². The molecule has 2 aliphatic rings. The van der Waals surface area contributed by atoms with E-state index >= 15 is 0 Å². The van der Waals surface area contributed by atoms with Gasteiger partial charge in [-0.25, -0.2) is 0 Å². The molecule has 2 fully saturated rings. The molecule has 3 rings (SSSR count). The molecule has 0 aliphatic heterocycles. The number of nitrogens with zero attached hydrogens (tertiary/aromatic N) is 1. The van der Waals surface area contributed by atoms with E-state index in [1.165, 1.54) is 44.9 Å². The second-order valence-corrected chi connectivity index (χ2v) is 8.11. The monoisotopic (exact) mass is 373 g/mol. The number of hydrogen-bond acceptors (Lipinski definition) is 4. The van der Waals surface area contributed by atoms with E-state index in [2.05, 4.69) is 22.5 Å². The van der Waals surface area contributed by atoms with Gasteiger partial charge in [0.15, 0.2) is 6.61 Å². The zero-order chi connectivity index (χ0) is 19.1. The normalized spacial score (nSPS) is 23.8. The van der Waals surface area contributed by atoms with E-state index in [-0.39, 0.29) is 18.6 Å². The highest BCUT2D eigenvalue weighted by molar-refractivity contribution is 5.78. The number of nitrogens with one attached hydrogen (secondary N) is 2. The van der Waals surface area contributed by atoms with Crippen LogP contribution < -0.4 is 15.4 Å². The lowest BCUT2D eigenvalue weighted by Crippen LogP contribution is -2.59. The van der Waals surface area contributed by atoms with Gasteiger partial charge in [0.2, 0.25) is 0 Å². The topological polar surface area (TPSA) is 63.2 Å². The van der Waals surface area contributed by atoms with Gasteiger partial charge >= 0.3 is 0 Å². The van der Waals surface area contributed by atoms with Crippen molar-refractivity contribution in [2.24, 2.45) is 0 Å². The highest BCUT2D eigenvalue weighted by Crippen LogP contribution is 2.24. The van der Waals surface area contributed by atoms with E-state index in [1.54, 1.807) is 0 Å². The summed E-state index contributed by atoms with van der Waals surface area (Å²) in [5.41, 5.74) is 1.89. The smallest absolute Gasteiger partial charge is 0.258 e. The van der Waals surface area contributed by atoms with Gasteiger partial charge in [-0.15, -0.1) is 0 Å². The standard InChI is InChI=1S/C22H35N3O2/c1-3-18-21(14-11-16(2)23-18)27-15-22(26)25-20-13-12-19(20)24-17-9-7-5-4-6-8-10-17/h11,14,17,19-20,24H,3-10,12-13,15H2,1-2H3,(H,25,26). The van der Waals surface area contributed by atoms with Gasteiger partial charge in [-0.1, -0.05) is 39.0 Å². The van der Waals surface area contributed by atoms with Gasteiger partial charge in [0.05, 0.1) is 5.69 Å². The average molecular weight is 374 g/mol. The van der Waals surface area contributed by atoms with Gasteiger partial charge in [0, 0.05) is 23.8 Å². The van der Waals surface area contributed by atoms with E-state index < -0.39 is 0 Å². The molecule has 150 valence electrons. The largest absolute Gasteiger partial charge is 0.482 e. The fourth-order valence-corrected chi connectivity index (χ4v) is 4.17. The number of carbonyl (C=O) groups excluding carboxylic acids is 1. The summed E-state index contributed by atoms with van der Waals surface area (Å²) in [5, 5.41) is 6.97. The van der Waals surface area contributed by atoms with Crippen LogP contribution in [0.3, 0.4) is 0 Å². The Balaban J connectivity index is 1.42. The Morgan fingerprint density at radius 2 is 1.78 bits per heavy atom. The van der Waals surface area contributed by atoms with Gasteiger partial charge in [-0.3, -0.25) is 9.78 Å². The molecular formula is C22H35N3O2. The summed E-state index contributed by atoms with van der Waals surface area (Å²) in [5.74, 6) is 0.683. The van der Waals surface area contributed by atoms with Crippen molar-refractivity contribution in [3.8, 4) is 5.75 Å². The van der Waals surface area contributed by atoms with E-state index in [1.807, 2.05) is 19.1 Å². The minimum atomic E-state index is -0.0354. The molecule has 2 aliphatic carbocycles. The van der Waals surface area contributed by atoms with Crippen LogP contribution in [0, 0.1) is 6.92 Å². The summed E-state index contributed by atoms with van der Waals surface area (Å²) in [6, 6.07) is 5.13. The highest BCUT2D eigenvalue weighted by atomic mass is 16.5. The molecule has 1 amide bonds. The van der Waals surface area contributed by atoms with Crippen molar-refractivity contribution in [1.29, 1.82) is 0 Å². The third-order valence-electron chi connectivity index (χ3n) is 5.94. The molecule has 2 saturated carbocycles. The Bertz CT molecular complexity index is 612. The van der Waals surface area contributed by atoms with Crippen LogP contribution in [0.2, 0.25) is 0 Å². The van der Waals surface area contributed by atoms with Crippen LogP contribution in [0.4, 0.5) is 0 Å². The van der Waals surface area contributed by atoms with E-state index in [4.69, 9.17) is 4.74 Å². The van der Waals surface area contributed by atoms with Crippen LogP contribution in [0.15, 0.2) is 12.1 Å². The maximum Gasteiger partial charge on any atom is 0.258 e. The summed E-state index contributed by atoms with van der Waals surface area (Å²) in [4.78, 5) is 16.8. The molecule has 0 spiro atoms. The lowest BCUT2D eigenvalue weighted by atomic mass is 9.84. The zero-order valence-corrected chi connectivity index (χ0v) is 16.9. The first-order valence-electron chi connectivity index (χ1n) is 10.8. The third-order valence-corrected chi connectivity index (χ3v) is 5.94. The Hall–Kier alpha value is -1.62. The first-order valence-corrected chi connectivity index (χ1v) is 10.8. The number of aromatic nitrogens is 1. The molecule has 0 radical (unpaired) electrons. The van der Waals surface area contributed by atoms with Crippen molar-refractivity contribution in [3.05, 3.63) is 23.5 Å². The molecule has 2 N–H and O–H groups in total. The summed E-state index contributed by atoms with van der Waals surface area (Å²) in [7, 11) is 0. The molecule has 0 saturated heterocycles. The van der Waals surface area contributed by atoms with Gasteiger partial charge in [0.1, 0.15) is 5.75 Å². The van der Waals surface area contributed by atoms with E-state index in [0.29, 0.717) is 12.1 Å².